The first-order valence-electron chi connectivity index (χ1n) is 5.42. The fourth-order valence-corrected chi connectivity index (χ4v) is 2.40. The highest BCUT2D eigenvalue weighted by Crippen LogP contribution is 2.37. The summed E-state index contributed by atoms with van der Waals surface area (Å²) in [7, 11) is 0. The molecule has 1 aliphatic carbocycles. The van der Waals surface area contributed by atoms with Gasteiger partial charge in [-0.3, -0.25) is 4.79 Å². The Hall–Kier alpha value is -0.870. The summed E-state index contributed by atoms with van der Waals surface area (Å²) in [6.07, 6.45) is 2.77. The number of carbonyl (C=O) groups excluding carboxylic acids is 1. The second-order valence-electron chi connectivity index (χ2n) is 4.62. The number of hydrogen-bond acceptors (Lipinski definition) is 3. The molecule has 0 bridgehead atoms. The van der Waals surface area contributed by atoms with Crippen molar-refractivity contribution in [3.63, 3.8) is 0 Å². The van der Waals surface area contributed by atoms with Crippen LogP contribution in [0.15, 0.2) is 11.6 Å². The molecule has 4 atom stereocenters. The predicted molar refractivity (Wildman–Crippen MR) is 57.2 cm³/mol. The van der Waals surface area contributed by atoms with E-state index in [1.807, 2.05) is 13.8 Å². The van der Waals surface area contributed by atoms with E-state index >= 15 is 0 Å². The predicted octanol–water partition coefficient (Wildman–Crippen LogP) is 0.183. The molecule has 2 aliphatic rings. The summed E-state index contributed by atoms with van der Waals surface area (Å²) in [5.74, 6) is 0.381. The number of carbonyl (C=O) groups is 1. The van der Waals surface area contributed by atoms with Crippen molar-refractivity contribution >= 4 is 5.91 Å². The smallest absolute Gasteiger partial charge is 0.244 e. The highest BCUT2D eigenvalue weighted by Gasteiger charge is 2.52. The Kier molecular flexibility index (Phi) is 2.80. The van der Waals surface area contributed by atoms with E-state index in [9.17, 15) is 4.79 Å². The van der Waals surface area contributed by atoms with Crippen molar-refractivity contribution in [3.8, 4) is 0 Å². The van der Waals surface area contributed by atoms with Gasteiger partial charge in [-0.25, -0.2) is 0 Å². The number of allylic oxidation sites excluding steroid dienone is 1. The van der Waals surface area contributed by atoms with E-state index in [4.69, 9.17) is 10.5 Å². The Morgan fingerprint density at radius 1 is 1.53 bits per heavy atom. The minimum atomic E-state index is -0.0654. The molecule has 4 heteroatoms. The Morgan fingerprint density at radius 2 is 2.27 bits per heavy atom. The zero-order valence-corrected chi connectivity index (χ0v) is 9.19. The van der Waals surface area contributed by atoms with Crippen molar-refractivity contribution in [2.45, 2.75) is 38.5 Å². The van der Waals surface area contributed by atoms with Gasteiger partial charge in [0.25, 0.3) is 0 Å². The van der Waals surface area contributed by atoms with Gasteiger partial charge in [0, 0.05) is 24.6 Å². The molecule has 1 saturated carbocycles. The number of ether oxygens (including phenoxy) is 1. The molecule has 2 rings (SSSR count). The lowest BCUT2D eigenvalue weighted by atomic mass is 9.72. The van der Waals surface area contributed by atoms with Gasteiger partial charge in [-0.15, -0.1) is 0 Å². The summed E-state index contributed by atoms with van der Waals surface area (Å²) in [4.78, 5) is 11.5. The molecule has 0 spiro atoms. The molecule has 1 amide bonds. The number of nitrogens with one attached hydrogen (secondary N) is 1. The van der Waals surface area contributed by atoms with Gasteiger partial charge in [-0.2, -0.15) is 0 Å². The number of nitrogens with two attached hydrogens (primary N) is 1. The Labute approximate surface area is 89.9 Å². The van der Waals surface area contributed by atoms with Crippen LogP contribution in [0.5, 0.6) is 0 Å². The van der Waals surface area contributed by atoms with E-state index in [1.165, 1.54) is 0 Å². The van der Waals surface area contributed by atoms with Crippen LogP contribution >= 0.6 is 0 Å². The molecule has 4 unspecified atom stereocenters. The van der Waals surface area contributed by atoms with E-state index in [2.05, 4.69) is 5.32 Å². The molecule has 0 aromatic heterocycles. The minimum Gasteiger partial charge on any atom is -0.376 e. The van der Waals surface area contributed by atoms with Crippen LogP contribution in [0.25, 0.3) is 0 Å². The van der Waals surface area contributed by atoms with Gasteiger partial charge in [0.15, 0.2) is 0 Å². The molecule has 0 aromatic rings. The molecular formula is C11H18N2O2. The summed E-state index contributed by atoms with van der Waals surface area (Å²) in [5, 5.41) is 2.90. The zero-order chi connectivity index (χ0) is 11.0. The first kappa shape index (κ1) is 10.6. The van der Waals surface area contributed by atoms with Gasteiger partial charge in [0.05, 0.1) is 12.1 Å². The first-order valence-corrected chi connectivity index (χ1v) is 5.42. The maximum absolute atomic E-state index is 11.5. The summed E-state index contributed by atoms with van der Waals surface area (Å²) >= 11 is 0. The summed E-state index contributed by atoms with van der Waals surface area (Å²) in [5.41, 5.74) is 6.96. The molecule has 1 aliphatic heterocycles. The number of hydrogen-bond donors (Lipinski definition) is 2. The van der Waals surface area contributed by atoms with Crippen LogP contribution in [0.2, 0.25) is 0 Å². The fraction of sp³-hybridized carbons (Fsp3) is 0.727. The molecule has 4 nitrogen and oxygen atoms in total. The van der Waals surface area contributed by atoms with Crippen LogP contribution in [0.4, 0.5) is 0 Å². The van der Waals surface area contributed by atoms with Crippen molar-refractivity contribution in [1.82, 2.24) is 5.32 Å². The maximum Gasteiger partial charge on any atom is 0.244 e. The largest absolute Gasteiger partial charge is 0.376 e. The lowest BCUT2D eigenvalue weighted by Gasteiger charge is -2.45. The normalized spacial score (nSPS) is 37.8. The highest BCUT2D eigenvalue weighted by molar-refractivity contribution is 5.88. The Morgan fingerprint density at radius 3 is 2.93 bits per heavy atom. The lowest BCUT2D eigenvalue weighted by molar-refractivity contribution is -0.121. The molecule has 1 saturated heterocycles. The molecule has 0 aromatic carbocycles. The lowest BCUT2D eigenvalue weighted by Crippen LogP contribution is -2.68. The quantitative estimate of drug-likeness (QED) is 0.639. The van der Waals surface area contributed by atoms with E-state index in [0.29, 0.717) is 5.92 Å². The zero-order valence-electron chi connectivity index (χ0n) is 9.19. The van der Waals surface area contributed by atoms with Crippen LogP contribution < -0.4 is 11.1 Å². The van der Waals surface area contributed by atoms with Gasteiger partial charge < -0.3 is 15.8 Å². The van der Waals surface area contributed by atoms with E-state index in [-0.39, 0.29) is 24.1 Å². The number of fused-ring (bicyclic) bond motifs is 1. The molecule has 2 fully saturated rings. The van der Waals surface area contributed by atoms with E-state index < -0.39 is 0 Å². The SMILES string of the molecule is CC(C)=CC(=O)NC1C(N)C2CCOC21. The molecule has 84 valence electrons. The van der Waals surface area contributed by atoms with E-state index in [0.717, 1.165) is 18.6 Å². The Balaban J connectivity index is 1.90. The van der Waals surface area contributed by atoms with Crippen LogP contribution in [0, 0.1) is 5.92 Å². The molecule has 0 radical (unpaired) electrons. The molecular weight excluding hydrogens is 192 g/mol. The van der Waals surface area contributed by atoms with Gasteiger partial charge in [0.1, 0.15) is 0 Å². The molecule has 15 heavy (non-hydrogen) atoms. The van der Waals surface area contributed by atoms with Crippen molar-refractivity contribution in [3.05, 3.63) is 11.6 Å². The van der Waals surface area contributed by atoms with Crippen LogP contribution in [-0.2, 0) is 9.53 Å². The summed E-state index contributed by atoms with van der Waals surface area (Å²) < 4.78 is 5.53. The van der Waals surface area contributed by atoms with Gasteiger partial charge in [0.2, 0.25) is 5.91 Å². The second-order valence-corrected chi connectivity index (χ2v) is 4.62. The third-order valence-electron chi connectivity index (χ3n) is 3.18. The Bertz CT molecular complexity index is 297. The molecule has 1 heterocycles. The van der Waals surface area contributed by atoms with Crippen LogP contribution in [-0.4, -0.2) is 30.7 Å². The summed E-state index contributed by atoms with van der Waals surface area (Å²) in [6.45, 7) is 4.57. The average molecular weight is 210 g/mol. The third-order valence-corrected chi connectivity index (χ3v) is 3.18. The highest BCUT2D eigenvalue weighted by atomic mass is 16.5. The van der Waals surface area contributed by atoms with Crippen molar-refractivity contribution in [1.29, 1.82) is 0 Å². The fourth-order valence-electron chi connectivity index (χ4n) is 2.40. The second kappa shape index (κ2) is 3.94. The first-order chi connectivity index (χ1) is 7.09. The van der Waals surface area contributed by atoms with Crippen LogP contribution in [0.3, 0.4) is 0 Å². The van der Waals surface area contributed by atoms with Gasteiger partial charge in [-0.05, 0) is 20.3 Å². The average Bonchev–Trinajstić information content (AvgIpc) is 2.57. The number of rotatable bonds is 2. The van der Waals surface area contributed by atoms with Crippen LogP contribution in [0.1, 0.15) is 20.3 Å². The van der Waals surface area contributed by atoms with E-state index in [1.54, 1.807) is 6.08 Å². The maximum atomic E-state index is 11.5. The topological polar surface area (TPSA) is 64.4 Å². The van der Waals surface area contributed by atoms with Gasteiger partial charge in [-0.1, -0.05) is 5.57 Å². The standard InChI is InChI=1S/C11H18N2O2/c1-6(2)5-8(14)13-10-9(12)7-3-4-15-11(7)10/h5,7,9-11H,3-4,12H2,1-2H3,(H,13,14). The number of amides is 1. The van der Waals surface area contributed by atoms with Crippen molar-refractivity contribution in [2.75, 3.05) is 6.61 Å². The third kappa shape index (κ3) is 1.92. The minimum absolute atomic E-state index is 0.000556. The van der Waals surface area contributed by atoms with Crippen molar-refractivity contribution < 1.29 is 9.53 Å². The monoisotopic (exact) mass is 210 g/mol. The van der Waals surface area contributed by atoms with Gasteiger partial charge >= 0.3 is 0 Å². The summed E-state index contributed by atoms with van der Waals surface area (Å²) in [6, 6.07) is 0.0626. The molecule has 3 N–H and O–H groups in total. The van der Waals surface area contributed by atoms with Crippen molar-refractivity contribution in [2.24, 2.45) is 11.7 Å².